The van der Waals surface area contributed by atoms with Gasteiger partial charge in [0.05, 0.1) is 23.9 Å². The van der Waals surface area contributed by atoms with Crippen molar-refractivity contribution in [1.82, 2.24) is 4.98 Å². The van der Waals surface area contributed by atoms with Gasteiger partial charge in [-0.15, -0.1) is 0 Å². The van der Waals surface area contributed by atoms with Crippen LogP contribution in [0.5, 0.6) is 0 Å². The van der Waals surface area contributed by atoms with Gasteiger partial charge in [-0.1, -0.05) is 0 Å². The molecule has 1 aliphatic rings. The van der Waals surface area contributed by atoms with Gasteiger partial charge in [0.1, 0.15) is 4.60 Å². The van der Waals surface area contributed by atoms with Crippen LogP contribution in [0.4, 0.5) is 5.69 Å². The second kappa shape index (κ2) is 5.05. The van der Waals surface area contributed by atoms with Crippen molar-refractivity contribution >= 4 is 38.5 Å². The van der Waals surface area contributed by atoms with Crippen molar-refractivity contribution < 1.29 is 9.53 Å². The Morgan fingerprint density at radius 2 is 2.15 bits per heavy atom. The molecule has 0 atom stereocenters. The molecule has 1 saturated carbocycles. The Kier molecular flexibility index (Phi) is 3.38. The second-order valence-corrected chi connectivity index (χ2v) is 5.79. The highest BCUT2D eigenvalue weighted by atomic mass is 79.9. The molecule has 2 aromatic rings. The summed E-state index contributed by atoms with van der Waals surface area (Å²) < 4.78 is 5.59. The Bertz CT molecular complexity index is 683. The van der Waals surface area contributed by atoms with Gasteiger partial charge in [-0.05, 0) is 53.0 Å². The van der Waals surface area contributed by atoms with E-state index in [4.69, 9.17) is 4.74 Å². The molecule has 0 amide bonds. The lowest BCUT2D eigenvalue weighted by Gasteiger charge is -2.20. The fourth-order valence-electron chi connectivity index (χ4n) is 2.29. The van der Waals surface area contributed by atoms with Crippen LogP contribution in [0.3, 0.4) is 0 Å². The molecule has 0 radical (unpaired) electrons. The lowest BCUT2D eigenvalue weighted by atomic mass is 10.1. The number of carbonyl (C=O) groups is 1. The Labute approximate surface area is 125 Å². The number of esters is 1. The molecule has 0 N–H and O–H groups in total. The summed E-state index contributed by atoms with van der Waals surface area (Å²) >= 11 is 3.53. The molecule has 0 bridgehead atoms. The standard InChI is InChI=1S/C15H15BrN2O2/c1-18(11-4-5-11)13-8-10-7-9(15(19)20-2)3-6-12(10)17-14(13)16/h3,6-8,11H,4-5H2,1-2H3. The number of rotatable bonds is 3. The number of carbonyl (C=O) groups excluding carboxylic acids is 1. The minimum atomic E-state index is -0.327. The normalized spacial score (nSPS) is 14.3. The molecule has 0 aliphatic heterocycles. The Morgan fingerprint density at radius 1 is 1.40 bits per heavy atom. The van der Waals surface area contributed by atoms with E-state index in [0.717, 1.165) is 21.2 Å². The van der Waals surface area contributed by atoms with Crippen molar-refractivity contribution in [3.63, 3.8) is 0 Å². The number of hydrogen-bond acceptors (Lipinski definition) is 4. The minimum absolute atomic E-state index is 0.327. The van der Waals surface area contributed by atoms with Crippen LogP contribution in [0.15, 0.2) is 28.9 Å². The van der Waals surface area contributed by atoms with Crippen molar-refractivity contribution in [1.29, 1.82) is 0 Å². The summed E-state index contributed by atoms with van der Waals surface area (Å²) in [5.41, 5.74) is 2.46. The van der Waals surface area contributed by atoms with Crippen molar-refractivity contribution in [2.75, 3.05) is 19.1 Å². The van der Waals surface area contributed by atoms with Crippen molar-refractivity contribution in [2.45, 2.75) is 18.9 Å². The lowest BCUT2D eigenvalue weighted by molar-refractivity contribution is 0.0601. The van der Waals surface area contributed by atoms with E-state index in [0.29, 0.717) is 11.6 Å². The summed E-state index contributed by atoms with van der Waals surface area (Å²) in [6.07, 6.45) is 2.45. The van der Waals surface area contributed by atoms with E-state index in [1.54, 1.807) is 6.07 Å². The Balaban J connectivity index is 2.08. The molecule has 1 aromatic heterocycles. The number of halogens is 1. The van der Waals surface area contributed by atoms with Crippen LogP contribution >= 0.6 is 15.9 Å². The van der Waals surface area contributed by atoms with Crippen molar-refractivity contribution in [3.05, 3.63) is 34.4 Å². The van der Waals surface area contributed by atoms with E-state index in [-0.39, 0.29) is 5.97 Å². The summed E-state index contributed by atoms with van der Waals surface area (Å²) in [6.45, 7) is 0. The average molecular weight is 335 g/mol. The number of pyridine rings is 1. The van der Waals surface area contributed by atoms with Gasteiger partial charge in [0.2, 0.25) is 0 Å². The molecule has 0 saturated heterocycles. The highest BCUT2D eigenvalue weighted by molar-refractivity contribution is 9.10. The molecule has 5 heteroatoms. The largest absolute Gasteiger partial charge is 0.465 e. The third kappa shape index (κ3) is 2.38. The van der Waals surface area contributed by atoms with Crippen LogP contribution in [0.25, 0.3) is 10.9 Å². The molecule has 1 fully saturated rings. The number of ether oxygens (including phenoxy) is 1. The Morgan fingerprint density at radius 3 is 2.80 bits per heavy atom. The monoisotopic (exact) mass is 334 g/mol. The van der Waals surface area contributed by atoms with Crippen LogP contribution in [0.1, 0.15) is 23.2 Å². The van der Waals surface area contributed by atoms with E-state index in [1.807, 2.05) is 12.1 Å². The van der Waals surface area contributed by atoms with E-state index < -0.39 is 0 Å². The number of aromatic nitrogens is 1. The molecule has 1 aliphatic carbocycles. The maximum absolute atomic E-state index is 11.6. The third-order valence-electron chi connectivity index (χ3n) is 3.65. The van der Waals surface area contributed by atoms with Gasteiger partial charge in [-0.25, -0.2) is 9.78 Å². The van der Waals surface area contributed by atoms with Crippen LogP contribution < -0.4 is 4.90 Å². The molecule has 20 heavy (non-hydrogen) atoms. The topological polar surface area (TPSA) is 42.4 Å². The predicted molar refractivity (Wildman–Crippen MR) is 82.2 cm³/mol. The number of hydrogen-bond donors (Lipinski definition) is 0. The van der Waals surface area contributed by atoms with Gasteiger partial charge in [-0.3, -0.25) is 0 Å². The van der Waals surface area contributed by atoms with E-state index in [1.165, 1.54) is 20.0 Å². The zero-order chi connectivity index (χ0) is 14.3. The van der Waals surface area contributed by atoms with Gasteiger partial charge in [0.15, 0.2) is 0 Å². The zero-order valence-corrected chi connectivity index (χ0v) is 13.0. The van der Waals surface area contributed by atoms with Gasteiger partial charge in [0.25, 0.3) is 0 Å². The van der Waals surface area contributed by atoms with Gasteiger partial charge >= 0.3 is 5.97 Å². The van der Waals surface area contributed by atoms with Crippen LogP contribution in [-0.4, -0.2) is 31.2 Å². The molecule has 3 rings (SSSR count). The lowest BCUT2D eigenvalue weighted by Crippen LogP contribution is -2.20. The van der Waals surface area contributed by atoms with Crippen LogP contribution in [-0.2, 0) is 4.74 Å². The van der Waals surface area contributed by atoms with Crippen LogP contribution in [0, 0.1) is 0 Å². The quantitative estimate of drug-likeness (QED) is 0.637. The number of benzene rings is 1. The first-order valence-corrected chi connectivity index (χ1v) is 7.31. The first-order valence-electron chi connectivity index (χ1n) is 6.51. The predicted octanol–water partition coefficient (Wildman–Crippen LogP) is 3.38. The average Bonchev–Trinajstić information content (AvgIpc) is 3.29. The number of methoxy groups -OCH3 is 1. The minimum Gasteiger partial charge on any atom is -0.465 e. The highest BCUT2D eigenvalue weighted by Crippen LogP contribution is 2.35. The molecular formula is C15H15BrN2O2. The number of nitrogens with zero attached hydrogens (tertiary/aromatic N) is 2. The molecule has 104 valence electrons. The fourth-order valence-corrected chi connectivity index (χ4v) is 2.88. The van der Waals surface area contributed by atoms with Gasteiger partial charge < -0.3 is 9.64 Å². The summed E-state index contributed by atoms with van der Waals surface area (Å²) in [7, 11) is 3.47. The van der Waals surface area contributed by atoms with E-state index >= 15 is 0 Å². The molecule has 1 heterocycles. The van der Waals surface area contributed by atoms with E-state index in [9.17, 15) is 4.79 Å². The zero-order valence-electron chi connectivity index (χ0n) is 11.4. The second-order valence-electron chi connectivity index (χ2n) is 5.04. The van der Waals surface area contributed by atoms with Crippen molar-refractivity contribution in [3.8, 4) is 0 Å². The van der Waals surface area contributed by atoms with Crippen molar-refractivity contribution in [2.24, 2.45) is 0 Å². The summed E-state index contributed by atoms with van der Waals surface area (Å²) in [5.74, 6) is -0.327. The maximum Gasteiger partial charge on any atom is 0.337 e. The fraction of sp³-hybridized carbons (Fsp3) is 0.333. The molecule has 0 spiro atoms. The summed E-state index contributed by atoms with van der Waals surface area (Å²) in [6, 6.07) is 8.07. The SMILES string of the molecule is COC(=O)c1ccc2nc(Br)c(N(C)C3CC3)cc2c1. The summed E-state index contributed by atoms with van der Waals surface area (Å²) in [5, 5.41) is 0.943. The maximum atomic E-state index is 11.6. The Hall–Kier alpha value is -1.62. The number of anilines is 1. The molecular weight excluding hydrogens is 320 g/mol. The summed E-state index contributed by atoms with van der Waals surface area (Å²) in [4.78, 5) is 18.4. The highest BCUT2D eigenvalue weighted by Gasteiger charge is 2.28. The third-order valence-corrected chi connectivity index (χ3v) is 4.23. The van der Waals surface area contributed by atoms with Crippen LogP contribution in [0.2, 0.25) is 0 Å². The van der Waals surface area contributed by atoms with Gasteiger partial charge in [-0.2, -0.15) is 0 Å². The van der Waals surface area contributed by atoms with Gasteiger partial charge in [0, 0.05) is 18.5 Å². The molecule has 1 aromatic carbocycles. The first-order chi connectivity index (χ1) is 9.60. The first kappa shape index (κ1) is 13.4. The molecule has 0 unspecified atom stereocenters. The number of fused-ring (bicyclic) bond motifs is 1. The van der Waals surface area contributed by atoms with E-state index in [2.05, 4.69) is 38.9 Å². The molecule has 4 nitrogen and oxygen atoms in total. The smallest absolute Gasteiger partial charge is 0.337 e.